The van der Waals surface area contributed by atoms with E-state index in [1.165, 1.54) is 6.07 Å². The summed E-state index contributed by atoms with van der Waals surface area (Å²) in [6.45, 7) is 0. The molecule has 0 aliphatic carbocycles. The molecule has 13 heavy (non-hydrogen) atoms. The Morgan fingerprint density at radius 3 is 2.92 bits per heavy atom. The van der Waals surface area contributed by atoms with Gasteiger partial charge in [-0.3, -0.25) is 5.10 Å². The second kappa shape index (κ2) is 3.49. The molecule has 0 aliphatic heterocycles. The fourth-order valence-electron chi connectivity index (χ4n) is 1.04. The van der Waals surface area contributed by atoms with E-state index in [1.807, 2.05) is 0 Å². The third kappa shape index (κ3) is 1.51. The zero-order valence-corrected chi connectivity index (χ0v) is 8.10. The van der Waals surface area contributed by atoms with Gasteiger partial charge in [0.2, 0.25) is 0 Å². The Labute approximate surface area is 76.8 Å². The van der Waals surface area contributed by atoms with Gasteiger partial charge in [-0.2, -0.15) is 9.90 Å². The number of aromatic carboxylic acids is 1. The summed E-state index contributed by atoms with van der Waals surface area (Å²) in [7, 11) is 0. The lowest BCUT2D eigenvalue weighted by molar-refractivity contribution is 0.0699. The second-order valence-electron chi connectivity index (χ2n) is 2.32. The summed E-state index contributed by atoms with van der Waals surface area (Å²) < 4.78 is 0. The molecule has 0 aliphatic rings. The third-order valence-electron chi connectivity index (χ3n) is 1.59. The van der Waals surface area contributed by atoms with Gasteiger partial charge in [-0.25, -0.2) is 4.79 Å². The van der Waals surface area contributed by atoms with Crippen LogP contribution in [-0.2, 0) is 0 Å². The average molecular weight is 197 g/mol. The van der Waals surface area contributed by atoms with Crippen LogP contribution in [0.3, 0.4) is 0 Å². The number of nitrogens with one attached hydrogen (secondary N) is 1. The Kier molecular flexibility index (Phi) is 2.58. The highest BCUT2D eigenvalue weighted by Gasteiger charge is 2.09. The van der Waals surface area contributed by atoms with Crippen molar-refractivity contribution in [1.29, 1.82) is 0 Å². The van der Waals surface area contributed by atoms with E-state index in [9.17, 15) is 4.79 Å². The van der Waals surface area contributed by atoms with E-state index >= 15 is 0 Å². The predicted octanol–water partition coefficient (Wildman–Crippen LogP) is 0.714. The topological polar surface area (TPSA) is 78.9 Å². The molecule has 6 heteroatoms. The molecule has 1 aromatic carbocycles. The quantitative estimate of drug-likeness (QED) is 0.660. The normalized spacial score (nSPS) is 9.54. The summed E-state index contributed by atoms with van der Waals surface area (Å²) in [5.41, 5.74) is 1.20. The van der Waals surface area contributed by atoms with Crippen LogP contribution in [0.2, 0.25) is 0 Å². The molecule has 5 nitrogen and oxygen atoms in total. The van der Waals surface area contributed by atoms with Gasteiger partial charge in [0.05, 0.1) is 11.1 Å². The number of aromatic amines is 1. The van der Waals surface area contributed by atoms with Crippen molar-refractivity contribution in [3.8, 4) is 0 Å². The van der Waals surface area contributed by atoms with Gasteiger partial charge >= 0.3 is 5.97 Å². The molecular formula is C7H8N3O2P. The monoisotopic (exact) mass is 197 g/mol. The van der Waals surface area contributed by atoms with Crippen LogP contribution in [-0.4, -0.2) is 26.5 Å². The average Bonchev–Trinajstić information content (AvgIpc) is 2.49. The van der Waals surface area contributed by atoms with E-state index < -0.39 is 5.97 Å². The molecule has 1 aromatic heterocycles. The smallest absolute Gasteiger partial charge is 0.338 e. The van der Waals surface area contributed by atoms with Crippen molar-refractivity contribution in [2.24, 2.45) is 0 Å². The number of carboxylic acid groups (broad SMARTS) is 1. The van der Waals surface area contributed by atoms with E-state index in [1.54, 1.807) is 12.1 Å². The van der Waals surface area contributed by atoms with Crippen LogP contribution in [0.25, 0.3) is 11.0 Å². The molecular weight excluding hydrogens is 189 g/mol. The number of rotatable bonds is 1. The molecule has 0 fully saturated rings. The van der Waals surface area contributed by atoms with Gasteiger partial charge in [0.15, 0.2) is 0 Å². The van der Waals surface area contributed by atoms with Crippen molar-refractivity contribution in [1.82, 2.24) is 15.4 Å². The molecule has 2 N–H and O–H groups in total. The fourth-order valence-corrected chi connectivity index (χ4v) is 1.04. The molecule has 0 bridgehead atoms. The lowest BCUT2D eigenvalue weighted by Gasteiger charge is -1.92. The van der Waals surface area contributed by atoms with Crippen LogP contribution in [0.1, 0.15) is 10.4 Å². The van der Waals surface area contributed by atoms with Crippen molar-refractivity contribution in [3.63, 3.8) is 0 Å². The minimum absolute atomic E-state index is 0. The van der Waals surface area contributed by atoms with Crippen molar-refractivity contribution in [2.75, 3.05) is 0 Å². The van der Waals surface area contributed by atoms with Gasteiger partial charge < -0.3 is 5.11 Å². The number of H-pyrrole nitrogens is 1. The molecule has 0 spiro atoms. The van der Waals surface area contributed by atoms with Crippen molar-refractivity contribution < 1.29 is 9.90 Å². The SMILES string of the molecule is O=C(O)c1cccc2[nH]nnc12.P. The summed E-state index contributed by atoms with van der Waals surface area (Å²) >= 11 is 0. The Morgan fingerprint density at radius 2 is 2.23 bits per heavy atom. The van der Waals surface area contributed by atoms with Crippen LogP contribution in [0.5, 0.6) is 0 Å². The van der Waals surface area contributed by atoms with Crippen molar-refractivity contribution in [2.45, 2.75) is 0 Å². The molecule has 1 heterocycles. The zero-order valence-electron chi connectivity index (χ0n) is 6.69. The summed E-state index contributed by atoms with van der Waals surface area (Å²) in [5.74, 6) is -0.991. The van der Waals surface area contributed by atoms with Crippen LogP contribution in [0, 0.1) is 0 Å². The number of aromatic nitrogens is 3. The number of hydrogen-bond donors (Lipinski definition) is 2. The van der Waals surface area contributed by atoms with Gasteiger partial charge in [-0.1, -0.05) is 11.3 Å². The number of carboxylic acids is 1. The van der Waals surface area contributed by atoms with E-state index in [0.29, 0.717) is 11.0 Å². The number of benzene rings is 1. The van der Waals surface area contributed by atoms with Crippen molar-refractivity contribution in [3.05, 3.63) is 23.8 Å². The summed E-state index contributed by atoms with van der Waals surface area (Å²) in [6.07, 6.45) is 0. The predicted molar refractivity (Wildman–Crippen MR) is 52.0 cm³/mol. The molecule has 2 aromatic rings. The molecule has 2 rings (SSSR count). The first kappa shape index (κ1) is 9.61. The van der Waals surface area contributed by atoms with E-state index in [0.717, 1.165) is 0 Å². The maximum atomic E-state index is 10.6. The van der Waals surface area contributed by atoms with Gasteiger partial charge in [-0.05, 0) is 12.1 Å². The number of nitrogens with zero attached hydrogens (tertiary/aromatic N) is 2. The van der Waals surface area contributed by atoms with Gasteiger partial charge in [-0.15, -0.1) is 5.10 Å². The molecule has 0 radical (unpaired) electrons. The lowest BCUT2D eigenvalue weighted by Crippen LogP contribution is -1.96. The van der Waals surface area contributed by atoms with Crippen LogP contribution in [0.15, 0.2) is 18.2 Å². The first-order chi connectivity index (χ1) is 5.79. The molecule has 1 unspecified atom stereocenters. The summed E-state index contributed by atoms with van der Waals surface area (Å²) in [4.78, 5) is 10.6. The molecule has 0 saturated carbocycles. The highest BCUT2D eigenvalue weighted by atomic mass is 31.0. The van der Waals surface area contributed by atoms with E-state index in [4.69, 9.17) is 5.11 Å². The fraction of sp³-hybridized carbons (Fsp3) is 0. The Hall–Kier alpha value is -1.48. The van der Waals surface area contributed by atoms with Crippen LogP contribution in [0.4, 0.5) is 0 Å². The summed E-state index contributed by atoms with van der Waals surface area (Å²) in [5, 5.41) is 18.5. The largest absolute Gasteiger partial charge is 0.478 e. The van der Waals surface area contributed by atoms with Crippen LogP contribution >= 0.6 is 9.90 Å². The summed E-state index contributed by atoms with van der Waals surface area (Å²) in [6, 6.07) is 4.86. The Balaban J connectivity index is 0.000000845. The van der Waals surface area contributed by atoms with E-state index in [2.05, 4.69) is 15.4 Å². The number of fused-ring (bicyclic) bond motifs is 1. The first-order valence-corrected chi connectivity index (χ1v) is 3.32. The van der Waals surface area contributed by atoms with Gasteiger partial charge in [0.25, 0.3) is 0 Å². The van der Waals surface area contributed by atoms with E-state index in [-0.39, 0.29) is 15.5 Å². The van der Waals surface area contributed by atoms with Gasteiger partial charge in [0, 0.05) is 0 Å². The van der Waals surface area contributed by atoms with Crippen LogP contribution < -0.4 is 0 Å². The maximum absolute atomic E-state index is 10.6. The molecule has 0 saturated heterocycles. The maximum Gasteiger partial charge on any atom is 0.338 e. The second-order valence-corrected chi connectivity index (χ2v) is 2.32. The van der Waals surface area contributed by atoms with Gasteiger partial charge in [0.1, 0.15) is 5.52 Å². The zero-order chi connectivity index (χ0) is 8.55. The minimum Gasteiger partial charge on any atom is -0.478 e. The lowest BCUT2D eigenvalue weighted by atomic mass is 10.2. The Morgan fingerprint density at radius 1 is 1.46 bits per heavy atom. The third-order valence-corrected chi connectivity index (χ3v) is 1.59. The Bertz CT molecular complexity index is 440. The highest BCUT2D eigenvalue weighted by molar-refractivity contribution is 6.92. The number of carbonyl (C=O) groups is 1. The number of hydrogen-bond acceptors (Lipinski definition) is 3. The molecule has 0 amide bonds. The molecule has 68 valence electrons. The first-order valence-electron chi connectivity index (χ1n) is 3.32. The molecule has 1 atom stereocenters. The highest BCUT2D eigenvalue weighted by Crippen LogP contribution is 2.12. The minimum atomic E-state index is -0.991. The standard InChI is InChI=1S/C7H5N3O2.H3P/c11-7(12)4-2-1-3-5-6(4)9-10-8-5;/h1-3H,(H,11,12)(H,8,9,10);1H3. The van der Waals surface area contributed by atoms with Crippen molar-refractivity contribution >= 4 is 26.9 Å².